The van der Waals surface area contributed by atoms with E-state index in [-0.39, 0.29) is 12.0 Å². The summed E-state index contributed by atoms with van der Waals surface area (Å²) in [5.41, 5.74) is 0.262. The van der Waals surface area contributed by atoms with Gasteiger partial charge in [-0.25, -0.2) is 4.79 Å². The summed E-state index contributed by atoms with van der Waals surface area (Å²) < 4.78 is 10.1. The number of aliphatic carboxylic acids is 1. The topological polar surface area (TPSA) is 55.8 Å². The predicted octanol–water partition coefficient (Wildman–Crippen LogP) is 0.904. The van der Waals surface area contributed by atoms with E-state index >= 15 is 0 Å². The number of hydrogen-bond donors (Lipinski definition) is 1. The molecule has 0 aromatic heterocycles. The van der Waals surface area contributed by atoms with E-state index in [1.54, 1.807) is 0 Å². The van der Waals surface area contributed by atoms with Gasteiger partial charge in [-0.15, -0.1) is 0 Å². The van der Waals surface area contributed by atoms with Crippen LogP contribution in [0.1, 0.15) is 19.8 Å². The number of carbonyl (C=O) groups is 1. The number of carboxylic acids is 1. The molecule has 0 bridgehead atoms. The van der Waals surface area contributed by atoms with Crippen LogP contribution < -0.4 is 0 Å². The second-order valence-electron chi connectivity index (χ2n) is 3.54. The molecule has 0 radical (unpaired) electrons. The SMILES string of the molecule is CCC1(CCOCC(=O)O)COC1. The highest BCUT2D eigenvalue weighted by molar-refractivity contribution is 5.67. The third-order valence-electron chi connectivity index (χ3n) is 2.57. The number of hydrogen-bond acceptors (Lipinski definition) is 3. The van der Waals surface area contributed by atoms with Crippen molar-refractivity contribution in [3.63, 3.8) is 0 Å². The van der Waals surface area contributed by atoms with Gasteiger partial charge in [0, 0.05) is 12.0 Å². The van der Waals surface area contributed by atoms with Gasteiger partial charge in [-0.3, -0.25) is 0 Å². The Balaban J connectivity index is 2.07. The molecule has 0 aromatic carbocycles. The van der Waals surface area contributed by atoms with E-state index in [0.29, 0.717) is 6.61 Å². The molecule has 0 aromatic rings. The molecule has 4 heteroatoms. The molecule has 4 nitrogen and oxygen atoms in total. The molecule has 0 unspecified atom stereocenters. The van der Waals surface area contributed by atoms with E-state index in [4.69, 9.17) is 14.6 Å². The lowest BCUT2D eigenvalue weighted by atomic mass is 9.80. The maximum absolute atomic E-state index is 10.1. The lowest BCUT2D eigenvalue weighted by Crippen LogP contribution is -2.42. The van der Waals surface area contributed by atoms with Gasteiger partial charge in [0.1, 0.15) is 6.61 Å². The van der Waals surface area contributed by atoms with Gasteiger partial charge in [0.05, 0.1) is 13.2 Å². The average molecular weight is 188 g/mol. The average Bonchev–Trinajstić information content (AvgIpc) is 2.01. The van der Waals surface area contributed by atoms with E-state index in [0.717, 1.165) is 26.1 Å². The van der Waals surface area contributed by atoms with Crippen LogP contribution in [0.2, 0.25) is 0 Å². The van der Waals surface area contributed by atoms with Gasteiger partial charge in [-0.2, -0.15) is 0 Å². The number of ether oxygens (including phenoxy) is 2. The molecule has 1 fully saturated rings. The minimum Gasteiger partial charge on any atom is -0.480 e. The van der Waals surface area contributed by atoms with Crippen molar-refractivity contribution in [1.82, 2.24) is 0 Å². The lowest BCUT2D eigenvalue weighted by molar-refractivity contribution is -0.146. The lowest BCUT2D eigenvalue weighted by Gasteiger charge is -2.40. The van der Waals surface area contributed by atoms with Crippen LogP contribution in [0.15, 0.2) is 0 Å². The van der Waals surface area contributed by atoms with Crippen LogP contribution in [0.25, 0.3) is 0 Å². The number of rotatable bonds is 6. The Morgan fingerprint density at radius 1 is 1.62 bits per heavy atom. The Morgan fingerprint density at radius 2 is 2.31 bits per heavy atom. The molecule has 1 heterocycles. The van der Waals surface area contributed by atoms with Crippen LogP contribution in [0.5, 0.6) is 0 Å². The van der Waals surface area contributed by atoms with Crippen LogP contribution in [-0.4, -0.2) is 37.5 Å². The highest BCUT2D eigenvalue weighted by Crippen LogP contribution is 2.34. The second kappa shape index (κ2) is 4.58. The van der Waals surface area contributed by atoms with Crippen molar-refractivity contribution in [1.29, 1.82) is 0 Å². The Hall–Kier alpha value is -0.610. The van der Waals surface area contributed by atoms with Gasteiger partial charge in [0.25, 0.3) is 0 Å². The molecule has 1 N–H and O–H groups in total. The van der Waals surface area contributed by atoms with Crippen LogP contribution in [0.4, 0.5) is 0 Å². The van der Waals surface area contributed by atoms with Gasteiger partial charge in [0.15, 0.2) is 0 Å². The zero-order valence-electron chi connectivity index (χ0n) is 7.91. The quantitative estimate of drug-likeness (QED) is 0.629. The zero-order valence-corrected chi connectivity index (χ0v) is 7.91. The Bertz CT molecular complexity index is 169. The Kier molecular flexibility index (Phi) is 3.69. The first-order valence-electron chi connectivity index (χ1n) is 4.56. The monoisotopic (exact) mass is 188 g/mol. The molecule has 1 saturated heterocycles. The van der Waals surface area contributed by atoms with Crippen LogP contribution >= 0.6 is 0 Å². The maximum atomic E-state index is 10.1. The maximum Gasteiger partial charge on any atom is 0.329 e. The van der Waals surface area contributed by atoms with Crippen molar-refractivity contribution in [2.45, 2.75) is 19.8 Å². The fraction of sp³-hybridized carbons (Fsp3) is 0.889. The van der Waals surface area contributed by atoms with E-state index in [2.05, 4.69) is 6.92 Å². The summed E-state index contributed by atoms with van der Waals surface area (Å²) in [6, 6.07) is 0. The van der Waals surface area contributed by atoms with Gasteiger partial charge >= 0.3 is 5.97 Å². The summed E-state index contributed by atoms with van der Waals surface area (Å²) in [5.74, 6) is -0.907. The fourth-order valence-electron chi connectivity index (χ4n) is 1.36. The van der Waals surface area contributed by atoms with Crippen molar-refractivity contribution >= 4 is 5.97 Å². The van der Waals surface area contributed by atoms with Crippen molar-refractivity contribution in [2.75, 3.05) is 26.4 Å². The van der Waals surface area contributed by atoms with Gasteiger partial charge in [0.2, 0.25) is 0 Å². The van der Waals surface area contributed by atoms with Crippen LogP contribution in [0.3, 0.4) is 0 Å². The molecule has 1 rings (SSSR count). The first kappa shape index (κ1) is 10.5. The molecule has 0 aliphatic carbocycles. The minimum absolute atomic E-state index is 0.194. The van der Waals surface area contributed by atoms with Gasteiger partial charge < -0.3 is 14.6 Å². The molecule has 1 aliphatic rings. The number of carboxylic acid groups (broad SMARTS) is 1. The normalized spacial score (nSPS) is 19.5. The minimum atomic E-state index is -0.907. The molecular weight excluding hydrogens is 172 g/mol. The Morgan fingerprint density at radius 3 is 2.69 bits per heavy atom. The first-order chi connectivity index (χ1) is 6.18. The van der Waals surface area contributed by atoms with Crippen molar-refractivity contribution in [3.05, 3.63) is 0 Å². The molecular formula is C9H16O4. The smallest absolute Gasteiger partial charge is 0.329 e. The molecule has 0 spiro atoms. The highest BCUT2D eigenvalue weighted by atomic mass is 16.5. The second-order valence-corrected chi connectivity index (χ2v) is 3.54. The predicted molar refractivity (Wildman–Crippen MR) is 46.6 cm³/mol. The summed E-state index contributed by atoms with van der Waals surface area (Å²) in [4.78, 5) is 10.1. The van der Waals surface area contributed by atoms with Gasteiger partial charge in [-0.05, 0) is 12.8 Å². The van der Waals surface area contributed by atoms with Crippen molar-refractivity contribution < 1.29 is 19.4 Å². The summed E-state index contributed by atoms with van der Waals surface area (Å²) in [6.07, 6.45) is 1.97. The van der Waals surface area contributed by atoms with E-state index in [1.165, 1.54) is 0 Å². The summed E-state index contributed by atoms with van der Waals surface area (Å²) in [6.45, 7) is 4.03. The van der Waals surface area contributed by atoms with E-state index < -0.39 is 5.97 Å². The molecule has 0 amide bonds. The van der Waals surface area contributed by atoms with E-state index in [9.17, 15) is 4.79 Å². The van der Waals surface area contributed by atoms with Crippen LogP contribution in [0, 0.1) is 5.41 Å². The molecule has 0 saturated carbocycles. The molecule has 1 aliphatic heterocycles. The molecule has 13 heavy (non-hydrogen) atoms. The standard InChI is InChI=1S/C9H16O4/c1-2-9(6-13-7-9)3-4-12-5-8(10)11/h2-7H2,1H3,(H,10,11). The third-order valence-corrected chi connectivity index (χ3v) is 2.57. The van der Waals surface area contributed by atoms with Crippen molar-refractivity contribution in [3.8, 4) is 0 Å². The highest BCUT2D eigenvalue weighted by Gasteiger charge is 2.36. The van der Waals surface area contributed by atoms with Gasteiger partial charge in [-0.1, -0.05) is 6.92 Å². The summed E-state index contributed by atoms with van der Waals surface area (Å²) >= 11 is 0. The van der Waals surface area contributed by atoms with E-state index in [1.807, 2.05) is 0 Å². The summed E-state index contributed by atoms with van der Waals surface area (Å²) in [5, 5.41) is 8.32. The first-order valence-corrected chi connectivity index (χ1v) is 4.56. The van der Waals surface area contributed by atoms with Crippen LogP contribution in [-0.2, 0) is 14.3 Å². The third kappa shape index (κ3) is 2.97. The Labute approximate surface area is 77.8 Å². The fourth-order valence-corrected chi connectivity index (χ4v) is 1.36. The summed E-state index contributed by atoms with van der Waals surface area (Å²) in [7, 11) is 0. The molecule has 76 valence electrons. The van der Waals surface area contributed by atoms with Crippen molar-refractivity contribution in [2.24, 2.45) is 5.41 Å². The largest absolute Gasteiger partial charge is 0.480 e. The zero-order chi connectivity index (χ0) is 9.73. The molecule has 0 atom stereocenters.